The molecular formula is C34H43N5O5. The summed E-state index contributed by atoms with van der Waals surface area (Å²) in [6, 6.07) is 22.0. The molecule has 10 nitrogen and oxygen atoms in total. The van der Waals surface area contributed by atoms with Gasteiger partial charge in [-0.15, -0.1) is 0 Å². The number of likely N-dealkylation sites (N-methyl/N-ethyl adjacent to an activating group) is 1. The van der Waals surface area contributed by atoms with Gasteiger partial charge in [0.05, 0.1) is 6.54 Å². The highest BCUT2D eigenvalue weighted by Crippen LogP contribution is 2.11. The minimum Gasteiger partial charge on any atom is -0.508 e. The number of phenols is 1. The quantitative estimate of drug-likeness (QED) is 0.149. The van der Waals surface area contributed by atoms with Crippen molar-refractivity contribution in [3.63, 3.8) is 0 Å². The zero-order valence-corrected chi connectivity index (χ0v) is 25.6. The van der Waals surface area contributed by atoms with E-state index in [-0.39, 0.29) is 47.9 Å². The first-order valence-corrected chi connectivity index (χ1v) is 14.9. The highest BCUT2D eigenvalue weighted by molar-refractivity contribution is 5.99. The number of aromatic hydroxyl groups is 1. The number of hydrogen-bond donors (Lipinski definition) is 6. The Hall–Kier alpha value is -4.70. The Morgan fingerprint density at radius 3 is 2.11 bits per heavy atom. The van der Waals surface area contributed by atoms with E-state index >= 15 is 0 Å². The van der Waals surface area contributed by atoms with Gasteiger partial charge in [-0.05, 0) is 67.1 Å². The van der Waals surface area contributed by atoms with Crippen LogP contribution in [0.15, 0.2) is 78.9 Å². The van der Waals surface area contributed by atoms with Crippen LogP contribution in [0.3, 0.4) is 0 Å². The van der Waals surface area contributed by atoms with E-state index in [1.54, 1.807) is 48.5 Å². The second-order valence-electron chi connectivity index (χ2n) is 10.9. The Morgan fingerprint density at radius 1 is 0.773 bits per heavy atom. The fourth-order valence-corrected chi connectivity index (χ4v) is 4.63. The Balaban J connectivity index is 1.59. The van der Waals surface area contributed by atoms with Crippen molar-refractivity contribution < 1.29 is 24.3 Å². The number of hydrogen-bond acceptors (Lipinski definition) is 6. The molecule has 234 valence electrons. The predicted octanol–water partition coefficient (Wildman–Crippen LogP) is 2.57. The maximum absolute atomic E-state index is 13.3. The van der Waals surface area contributed by atoms with Gasteiger partial charge in [-0.2, -0.15) is 0 Å². The van der Waals surface area contributed by atoms with Crippen molar-refractivity contribution in [2.45, 2.75) is 45.7 Å². The van der Waals surface area contributed by atoms with Crippen molar-refractivity contribution in [2.75, 3.05) is 26.2 Å². The lowest BCUT2D eigenvalue weighted by Gasteiger charge is -2.22. The van der Waals surface area contributed by atoms with Crippen LogP contribution in [0.25, 0.3) is 0 Å². The molecule has 0 saturated carbocycles. The monoisotopic (exact) mass is 601 g/mol. The fraction of sp³-hybridized carbons (Fsp3) is 0.353. The van der Waals surface area contributed by atoms with Gasteiger partial charge in [0.15, 0.2) is 0 Å². The molecule has 2 atom stereocenters. The van der Waals surface area contributed by atoms with Crippen LogP contribution in [0, 0.1) is 5.92 Å². The first kappa shape index (κ1) is 33.8. The molecule has 3 rings (SSSR count). The maximum atomic E-state index is 13.3. The van der Waals surface area contributed by atoms with E-state index in [1.807, 2.05) is 51.1 Å². The number of rotatable bonds is 16. The highest BCUT2D eigenvalue weighted by Gasteiger charge is 2.23. The molecule has 2 unspecified atom stereocenters. The third-order valence-corrected chi connectivity index (χ3v) is 6.98. The van der Waals surface area contributed by atoms with E-state index in [0.29, 0.717) is 43.6 Å². The van der Waals surface area contributed by atoms with E-state index in [2.05, 4.69) is 26.6 Å². The molecule has 4 amide bonds. The molecule has 3 aromatic rings. The summed E-state index contributed by atoms with van der Waals surface area (Å²) in [5.74, 6) is -1.06. The average Bonchev–Trinajstić information content (AvgIpc) is 3.01. The number of phenolic OH excluding ortho intramolecular Hbond substituents is 1. The summed E-state index contributed by atoms with van der Waals surface area (Å²) in [5, 5.41) is 24.0. The van der Waals surface area contributed by atoms with Gasteiger partial charge in [0.25, 0.3) is 11.8 Å². The molecule has 0 aliphatic rings. The van der Waals surface area contributed by atoms with Crippen LogP contribution in [0.5, 0.6) is 5.75 Å². The van der Waals surface area contributed by atoms with Gasteiger partial charge in [-0.1, -0.05) is 62.4 Å². The molecule has 0 radical (unpaired) electrons. The lowest BCUT2D eigenvalue weighted by atomic mass is 10.0. The molecule has 0 aliphatic heterocycles. The first-order chi connectivity index (χ1) is 21.2. The van der Waals surface area contributed by atoms with Crippen LogP contribution in [0.4, 0.5) is 0 Å². The number of benzene rings is 3. The summed E-state index contributed by atoms with van der Waals surface area (Å²) in [6.07, 6.45) is 1.12. The minimum absolute atomic E-state index is 0.0242. The smallest absolute Gasteiger partial charge is 0.251 e. The molecule has 0 bridgehead atoms. The Bertz CT molecular complexity index is 1380. The number of carbonyl (C=O) groups excluding carboxylic acids is 4. The second kappa shape index (κ2) is 17.4. The molecule has 0 aromatic heterocycles. The molecule has 6 N–H and O–H groups in total. The van der Waals surface area contributed by atoms with E-state index < -0.39 is 6.04 Å². The van der Waals surface area contributed by atoms with Crippen LogP contribution < -0.4 is 26.6 Å². The molecule has 3 aromatic carbocycles. The molecule has 0 saturated heterocycles. The van der Waals surface area contributed by atoms with Gasteiger partial charge in [0.2, 0.25) is 11.8 Å². The summed E-state index contributed by atoms with van der Waals surface area (Å²) in [4.78, 5) is 51.0. The molecule has 44 heavy (non-hydrogen) atoms. The van der Waals surface area contributed by atoms with Gasteiger partial charge in [0.1, 0.15) is 11.8 Å². The summed E-state index contributed by atoms with van der Waals surface area (Å²) in [7, 11) is 0. The first-order valence-electron chi connectivity index (χ1n) is 14.9. The van der Waals surface area contributed by atoms with Crippen molar-refractivity contribution in [2.24, 2.45) is 5.92 Å². The van der Waals surface area contributed by atoms with Crippen LogP contribution in [-0.2, 0) is 22.4 Å². The number of amides is 4. The maximum Gasteiger partial charge on any atom is 0.251 e. The minimum atomic E-state index is -0.638. The van der Waals surface area contributed by atoms with Gasteiger partial charge in [0, 0.05) is 36.8 Å². The number of carbonyl (C=O) groups is 4. The number of nitrogens with one attached hydrogen (secondary N) is 5. The van der Waals surface area contributed by atoms with E-state index in [0.717, 1.165) is 11.1 Å². The Kier molecular flexibility index (Phi) is 13.4. The summed E-state index contributed by atoms with van der Waals surface area (Å²) in [5.41, 5.74) is 2.70. The Labute approximate surface area is 259 Å². The molecule has 10 heteroatoms. The third-order valence-electron chi connectivity index (χ3n) is 6.98. The fourth-order valence-electron chi connectivity index (χ4n) is 4.63. The normalized spacial score (nSPS) is 12.2. The largest absolute Gasteiger partial charge is 0.508 e. The van der Waals surface area contributed by atoms with Crippen molar-refractivity contribution in [1.82, 2.24) is 26.6 Å². The molecular weight excluding hydrogens is 558 g/mol. The lowest BCUT2D eigenvalue weighted by Crippen LogP contribution is -2.52. The zero-order chi connectivity index (χ0) is 31.9. The van der Waals surface area contributed by atoms with Gasteiger partial charge in [-0.25, -0.2) is 0 Å². The van der Waals surface area contributed by atoms with E-state index in [9.17, 15) is 24.3 Å². The molecule has 0 aliphatic carbocycles. The standard InChI is InChI=1S/C34H43N5O5/c1-4-36-34(44)31(23(2)3)39-30(41)22-35-21-28(19-25-9-6-5-7-10-25)38-33(43)27-12-8-11-26(20-27)32(42)37-18-17-24-13-15-29(40)16-14-24/h5-16,20,23,28,31,35,40H,4,17-19,21-22H2,1-3H3,(H,36,44)(H,37,42)(H,38,43)(H,39,41). The molecule has 0 heterocycles. The lowest BCUT2D eigenvalue weighted by molar-refractivity contribution is -0.129. The molecule has 0 fully saturated rings. The SMILES string of the molecule is CCNC(=O)C(NC(=O)CNCC(Cc1ccccc1)NC(=O)c1cccc(C(=O)NCCc2ccc(O)cc2)c1)C(C)C. The van der Waals surface area contributed by atoms with Crippen LogP contribution in [-0.4, -0.2) is 67.0 Å². The van der Waals surface area contributed by atoms with Crippen molar-refractivity contribution in [3.8, 4) is 5.75 Å². The summed E-state index contributed by atoms with van der Waals surface area (Å²) >= 11 is 0. The predicted molar refractivity (Wildman–Crippen MR) is 170 cm³/mol. The van der Waals surface area contributed by atoms with Crippen LogP contribution >= 0.6 is 0 Å². The Morgan fingerprint density at radius 2 is 1.45 bits per heavy atom. The van der Waals surface area contributed by atoms with Crippen LogP contribution in [0.2, 0.25) is 0 Å². The van der Waals surface area contributed by atoms with Gasteiger partial charge >= 0.3 is 0 Å². The van der Waals surface area contributed by atoms with Crippen molar-refractivity contribution in [3.05, 3.63) is 101 Å². The van der Waals surface area contributed by atoms with E-state index in [1.165, 1.54) is 0 Å². The topological polar surface area (TPSA) is 149 Å². The van der Waals surface area contributed by atoms with Gasteiger partial charge < -0.3 is 31.7 Å². The van der Waals surface area contributed by atoms with Crippen molar-refractivity contribution >= 4 is 23.6 Å². The molecule has 0 spiro atoms. The van der Waals surface area contributed by atoms with E-state index in [4.69, 9.17) is 0 Å². The second-order valence-corrected chi connectivity index (χ2v) is 10.9. The van der Waals surface area contributed by atoms with Crippen LogP contribution in [0.1, 0.15) is 52.6 Å². The highest BCUT2D eigenvalue weighted by atomic mass is 16.3. The third kappa shape index (κ3) is 11.2. The average molecular weight is 602 g/mol. The summed E-state index contributed by atoms with van der Waals surface area (Å²) in [6.45, 7) is 6.73. The van der Waals surface area contributed by atoms with Crippen molar-refractivity contribution in [1.29, 1.82) is 0 Å². The summed E-state index contributed by atoms with van der Waals surface area (Å²) < 4.78 is 0. The van der Waals surface area contributed by atoms with Gasteiger partial charge in [-0.3, -0.25) is 19.2 Å². The zero-order valence-electron chi connectivity index (χ0n) is 25.6.